The second kappa shape index (κ2) is 6.16. The number of rotatable bonds is 6. The molecule has 0 aromatic carbocycles. The first-order chi connectivity index (χ1) is 8.74. The van der Waals surface area contributed by atoms with Crippen LogP contribution in [0.3, 0.4) is 0 Å². The lowest BCUT2D eigenvalue weighted by Gasteiger charge is -2.12. The Bertz CT molecular complexity index is 457. The van der Waals surface area contributed by atoms with Crippen molar-refractivity contribution in [1.82, 2.24) is 9.78 Å². The predicted molar refractivity (Wildman–Crippen MR) is 76.8 cm³/mol. The summed E-state index contributed by atoms with van der Waals surface area (Å²) in [6, 6.07) is 6.80. The summed E-state index contributed by atoms with van der Waals surface area (Å²) in [6.45, 7) is 4.40. The second-order valence-electron chi connectivity index (χ2n) is 4.58. The molecule has 0 saturated heterocycles. The summed E-state index contributed by atoms with van der Waals surface area (Å²) < 4.78 is 2.08. The molecule has 0 aliphatic carbocycles. The zero-order chi connectivity index (χ0) is 13.0. The molecular weight excluding hydrogens is 242 g/mol. The van der Waals surface area contributed by atoms with Crippen LogP contribution in [0.25, 0.3) is 0 Å². The fraction of sp³-hybridized carbons (Fsp3) is 0.500. The Morgan fingerprint density at radius 1 is 1.33 bits per heavy atom. The van der Waals surface area contributed by atoms with E-state index in [2.05, 4.69) is 47.3 Å². The van der Waals surface area contributed by atoms with Crippen molar-refractivity contribution < 1.29 is 0 Å². The van der Waals surface area contributed by atoms with E-state index in [4.69, 9.17) is 5.73 Å². The van der Waals surface area contributed by atoms with Crippen molar-refractivity contribution in [3.63, 3.8) is 0 Å². The molecule has 0 fully saturated rings. The minimum atomic E-state index is 0.0649. The largest absolute Gasteiger partial charge is 0.323 e. The quantitative estimate of drug-likeness (QED) is 0.866. The van der Waals surface area contributed by atoms with Crippen molar-refractivity contribution >= 4 is 11.3 Å². The predicted octanol–water partition coefficient (Wildman–Crippen LogP) is 3.55. The number of thiophene rings is 1. The molecule has 2 aromatic rings. The van der Waals surface area contributed by atoms with Gasteiger partial charge in [0, 0.05) is 23.5 Å². The molecule has 2 aromatic heterocycles. The van der Waals surface area contributed by atoms with Gasteiger partial charge in [0.2, 0.25) is 0 Å². The molecule has 0 aliphatic heterocycles. The van der Waals surface area contributed by atoms with Crippen LogP contribution in [0, 0.1) is 0 Å². The average Bonchev–Trinajstić information content (AvgIpc) is 3.01. The molecule has 0 saturated carbocycles. The maximum absolute atomic E-state index is 6.18. The minimum absolute atomic E-state index is 0.0649. The summed E-state index contributed by atoms with van der Waals surface area (Å²) in [5.41, 5.74) is 7.27. The number of nitrogens with two attached hydrogens (primary N) is 1. The first kappa shape index (κ1) is 13.3. The van der Waals surface area contributed by atoms with Crippen molar-refractivity contribution in [2.45, 2.75) is 45.2 Å². The van der Waals surface area contributed by atoms with E-state index in [1.165, 1.54) is 4.88 Å². The Hall–Kier alpha value is -1.13. The Balaban J connectivity index is 2.02. The Labute approximate surface area is 113 Å². The molecule has 0 aliphatic rings. The van der Waals surface area contributed by atoms with Crippen molar-refractivity contribution in [1.29, 1.82) is 0 Å². The molecule has 1 atom stereocenters. The highest BCUT2D eigenvalue weighted by Crippen LogP contribution is 2.21. The van der Waals surface area contributed by atoms with Crippen LogP contribution in [-0.4, -0.2) is 9.78 Å². The van der Waals surface area contributed by atoms with Crippen molar-refractivity contribution in [2.24, 2.45) is 5.73 Å². The molecule has 3 nitrogen and oxygen atoms in total. The van der Waals surface area contributed by atoms with Crippen LogP contribution in [0.4, 0.5) is 0 Å². The van der Waals surface area contributed by atoms with Gasteiger partial charge in [-0.1, -0.05) is 19.9 Å². The summed E-state index contributed by atoms with van der Waals surface area (Å²) in [6.07, 6.45) is 5.13. The van der Waals surface area contributed by atoms with Crippen LogP contribution in [-0.2, 0) is 6.42 Å². The SMILES string of the molecule is CCC(CC)n1ccc(CC(N)c2cccs2)n1. The standard InChI is InChI=1S/C14H21N3S/c1-3-12(4-2)17-8-7-11(16-17)10-13(15)14-6-5-9-18-14/h5-9,12-13H,3-4,10,15H2,1-2H3. The second-order valence-corrected chi connectivity index (χ2v) is 5.56. The third-order valence-corrected chi connectivity index (χ3v) is 4.32. The number of aromatic nitrogens is 2. The Morgan fingerprint density at radius 3 is 2.72 bits per heavy atom. The molecule has 0 radical (unpaired) electrons. The van der Waals surface area contributed by atoms with E-state index in [0.29, 0.717) is 6.04 Å². The van der Waals surface area contributed by atoms with Gasteiger partial charge in [-0.3, -0.25) is 4.68 Å². The first-order valence-electron chi connectivity index (χ1n) is 6.57. The van der Waals surface area contributed by atoms with Crippen LogP contribution in [0.2, 0.25) is 0 Å². The Morgan fingerprint density at radius 2 is 2.11 bits per heavy atom. The number of hydrogen-bond acceptors (Lipinski definition) is 3. The van der Waals surface area contributed by atoms with Crippen LogP contribution in [0.1, 0.15) is 49.3 Å². The molecule has 18 heavy (non-hydrogen) atoms. The van der Waals surface area contributed by atoms with Crippen LogP contribution in [0.15, 0.2) is 29.8 Å². The summed E-state index contributed by atoms with van der Waals surface area (Å²) in [5.74, 6) is 0. The fourth-order valence-electron chi connectivity index (χ4n) is 2.18. The van der Waals surface area contributed by atoms with Crippen molar-refractivity contribution in [3.05, 3.63) is 40.3 Å². The third kappa shape index (κ3) is 3.00. The summed E-state index contributed by atoms with van der Waals surface area (Å²) in [4.78, 5) is 1.23. The summed E-state index contributed by atoms with van der Waals surface area (Å²) in [5, 5.41) is 6.71. The van der Waals surface area contributed by atoms with E-state index in [1.54, 1.807) is 11.3 Å². The lowest BCUT2D eigenvalue weighted by molar-refractivity contribution is 0.424. The lowest BCUT2D eigenvalue weighted by Crippen LogP contribution is -2.13. The van der Waals surface area contributed by atoms with Gasteiger partial charge in [0.25, 0.3) is 0 Å². The molecule has 0 amide bonds. The van der Waals surface area contributed by atoms with Crippen LogP contribution in [0.5, 0.6) is 0 Å². The van der Waals surface area contributed by atoms with E-state index in [9.17, 15) is 0 Å². The van der Waals surface area contributed by atoms with Gasteiger partial charge in [0.05, 0.1) is 11.7 Å². The molecular formula is C14H21N3S. The van der Waals surface area contributed by atoms with Gasteiger partial charge in [0.1, 0.15) is 0 Å². The van der Waals surface area contributed by atoms with Gasteiger partial charge in [-0.25, -0.2) is 0 Å². The lowest BCUT2D eigenvalue weighted by atomic mass is 10.1. The first-order valence-corrected chi connectivity index (χ1v) is 7.45. The topological polar surface area (TPSA) is 43.8 Å². The van der Waals surface area contributed by atoms with E-state index in [-0.39, 0.29) is 6.04 Å². The van der Waals surface area contributed by atoms with Gasteiger partial charge in [-0.2, -0.15) is 5.10 Å². The number of nitrogens with zero attached hydrogens (tertiary/aromatic N) is 2. The van der Waals surface area contributed by atoms with Gasteiger partial charge in [-0.05, 0) is 30.4 Å². The van der Waals surface area contributed by atoms with Gasteiger partial charge < -0.3 is 5.73 Å². The molecule has 4 heteroatoms. The van der Waals surface area contributed by atoms with Gasteiger partial charge in [-0.15, -0.1) is 11.3 Å². The van der Waals surface area contributed by atoms with E-state index < -0.39 is 0 Å². The fourth-order valence-corrected chi connectivity index (χ4v) is 2.91. The zero-order valence-corrected chi connectivity index (χ0v) is 11.9. The van der Waals surface area contributed by atoms with Gasteiger partial charge >= 0.3 is 0 Å². The molecule has 2 heterocycles. The monoisotopic (exact) mass is 263 g/mol. The molecule has 2 N–H and O–H groups in total. The smallest absolute Gasteiger partial charge is 0.0643 e. The Kier molecular flexibility index (Phi) is 4.55. The number of hydrogen-bond donors (Lipinski definition) is 1. The van der Waals surface area contributed by atoms with E-state index in [1.807, 2.05) is 6.07 Å². The highest BCUT2D eigenvalue weighted by atomic mass is 32.1. The summed E-state index contributed by atoms with van der Waals surface area (Å²) >= 11 is 1.71. The molecule has 98 valence electrons. The van der Waals surface area contributed by atoms with Crippen LogP contribution >= 0.6 is 11.3 Å². The molecule has 1 unspecified atom stereocenters. The zero-order valence-electron chi connectivity index (χ0n) is 11.0. The van der Waals surface area contributed by atoms with Gasteiger partial charge in [0.15, 0.2) is 0 Å². The maximum Gasteiger partial charge on any atom is 0.0643 e. The molecule has 0 spiro atoms. The van der Waals surface area contributed by atoms with E-state index in [0.717, 1.165) is 25.0 Å². The highest BCUT2D eigenvalue weighted by Gasteiger charge is 2.12. The third-order valence-electron chi connectivity index (χ3n) is 3.32. The molecule has 0 bridgehead atoms. The highest BCUT2D eigenvalue weighted by molar-refractivity contribution is 7.10. The maximum atomic E-state index is 6.18. The van der Waals surface area contributed by atoms with Crippen molar-refractivity contribution in [3.8, 4) is 0 Å². The van der Waals surface area contributed by atoms with Crippen molar-refractivity contribution in [2.75, 3.05) is 0 Å². The van der Waals surface area contributed by atoms with E-state index >= 15 is 0 Å². The minimum Gasteiger partial charge on any atom is -0.323 e. The average molecular weight is 263 g/mol. The normalized spacial score (nSPS) is 13.1. The summed E-state index contributed by atoms with van der Waals surface area (Å²) in [7, 11) is 0. The van der Waals surface area contributed by atoms with Crippen LogP contribution < -0.4 is 5.73 Å². The molecule has 2 rings (SSSR count).